The number of carbonyl (C=O) groups is 2. The van der Waals surface area contributed by atoms with E-state index in [1.54, 1.807) is 36.4 Å². The molecule has 2 heterocycles. The largest absolute Gasteiger partial charge is 0.366 e. The fraction of sp³-hybridized carbons (Fsp3) is 0.300. The number of hydrogen-bond acceptors (Lipinski definition) is 4. The molecule has 1 aliphatic heterocycles. The molecule has 1 aromatic heterocycles. The number of amides is 2. The molecule has 144 valence electrons. The molecule has 0 spiro atoms. The summed E-state index contributed by atoms with van der Waals surface area (Å²) in [6, 6.07) is 10.8. The summed E-state index contributed by atoms with van der Waals surface area (Å²) in [7, 11) is 0. The van der Waals surface area contributed by atoms with Crippen molar-refractivity contribution >= 4 is 11.8 Å². The molecule has 2 N–H and O–H groups in total. The van der Waals surface area contributed by atoms with Gasteiger partial charge in [0.15, 0.2) is 0 Å². The quantitative estimate of drug-likeness (QED) is 0.876. The molecule has 0 radical (unpaired) electrons. The molecule has 2 aromatic rings. The number of carbonyl (C=O) groups excluding carboxylic acids is 2. The first kappa shape index (κ1) is 19.4. The molecule has 8 heteroatoms. The van der Waals surface area contributed by atoms with Crippen LogP contribution in [0.1, 0.15) is 35.3 Å². The highest BCUT2D eigenvalue weighted by molar-refractivity contribution is 6.01. The molecule has 1 aromatic carbocycles. The van der Waals surface area contributed by atoms with Crippen LogP contribution in [0, 0.1) is 11.3 Å². The Bertz CT molecular complexity index is 956. The van der Waals surface area contributed by atoms with Gasteiger partial charge in [0.2, 0.25) is 11.8 Å². The summed E-state index contributed by atoms with van der Waals surface area (Å²) in [5.41, 5.74) is 6.94. The van der Waals surface area contributed by atoms with E-state index in [4.69, 9.17) is 11.0 Å². The third-order valence-corrected chi connectivity index (χ3v) is 4.79. The van der Waals surface area contributed by atoms with Crippen molar-refractivity contribution < 1.29 is 18.4 Å². The lowest BCUT2D eigenvalue weighted by atomic mass is 9.91. The Labute approximate surface area is 160 Å². The van der Waals surface area contributed by atoms with E-state index in [1.165, 1.54) is 19.2 Å². The van der Waals surface area contributed by atoms with E-state index in [1.807, 2.05) is 0 Å². The highest BCUT2D eigenvalue weighted by Crippen LogP contribution is 2.36. The summed E-state index contributed by atoms with van der Waals surface area (Å²) in [6.07, 6.45) is 0.661. The van der Waals surface area contributed by atoms with Gasteiger partial charge in [-0.15, -0.1) is 0 Å². The fourth-order valence-electron chi connectivity index (χ4n) is 3.45. The Morgan fingerprint density at radius 1 is 1.32 bits per heavy atom. The lowest BCUT2D eigenvalue weighted by Crippen LogP contribution is -2.39. The van der Waals surface area contributed by atoms with E-state index < -0.39 is 42.7 Å². The maximum Gasteiger partial charge on any atom is 0.268 e. The van der Waals surface area contributed by atoms with Crippen LogP contribution in [0.5, 0.6) is 0 Å². The number of nitriles is 1. The summed E-state index contributed by atoms with van der Waals surface area (Å²) in [4.78, 5) is 30.0. The highest BCUT2D eigenvalue weighted by atomic mass is 19.3. The van der Waals surface area contributed by atoms with Gasteiger partial charge in [-0.2, -0.15) is 5.26 Å². The van der Waals surface area contributed by atoms with E-state index in [0.29, 0.717) is 11.1 Å². The third kappa shape index (κ3) is 3.56. The number of nitrogens with two attached hydrogens (primary N) is 1. The van der Waals surface area contributed by atoms with Gasteiger partial charge < -0.3 is 10.6 Å². The van der Waals surface area contributed by atoms with Crippen molar-refractivity contribution in [3.05, 3.63) is 53.9 Å². The van der Waals surface area contributed by atoms with Crippen LogP contribution in [0.15, 0.2) is 42.6 Å². The maximum atomic E-state index is 13.8. The van der Waals surface area contributed by atoms with Crippen LogP contribution in [-0.2, 0) is 4.79 Å². The van der Waals surface area contributed by atoms with Gasteiger partial charge in [-0.3, -0.25) is 14.6 Å². The van der Waals surface area contributed by atoms with E-state index in [0.717, 1.165) is 4.90 Å². The highest BCUT2D eigenvalue weighted by Gasteiger charge is 2.48. The second kappa shape index (κ2) is 7.35. The second-order valence-electron chi connectivity index (χ2n) is 6.74. The number of nitrogens with zero attached hydrogens (tertiary/aromatic N) is 3. The summed E-state index contributed by atoms with van der Waals surface area (Å²) >= 11 is 0. The smallest absolute Gasteiger partial charge is 0.268 e. The van der Waals surface area contributed by atoms with Crippen molar-refractivity contribution in [2.75, 3.05) is 6.54 Å². The van der Waals surface area contributed by atoms with Crippen LogP contribution in [0.3, 0.4) is 0 Å². The van der Waals surface area contributed by atoms with Crippen LogP contribution in [0.4, 0.5) is 8.78 Å². The summed E-state index contributed by atoms with van der Waals surface area (Å²) in [6.45, 7) is 0.706. The van der Waals surface area contributed by atoms with Crippen LogP contribution in [-0.4, -0.2) is 40.2 Å². The molecule has 2 amide bonds. The topological polar surface area (TPSA) is 100 Å². The number of pyridine rings is 1. The number of benzene rings is 1. The fourth-order valence-corrected chi connectivity index (χ4v) is 3.45. The summed E-state index contributed by atoms with van der Waals surface area (Å²) < 4.78 is 27.5. The van der Waals surface area contributed by atoms with Crippen molar-refractivity contribution in [1.82, 2.24) is 9.88 Å². The van der Waals surface area contributed by atoms with Crippen molar-refractivity contribution in [3.63, 3.8) is 0 Å². The van der Waals surface area contributed by atoms with Crippen molar-refractivity contribution in [3.8, 4) is 17.2 Å². The number of aromatic nitrogens is 1. The third-order valence-electron chi connectivity index (χ3n) is 4.79. The van der Waals surface area contributed by atoms with Gasteiger partial charge in [0, 0.05) is 18.2 Å². The van der Waals surface area contributed by atoms with Crippen molar-refractivity contribution in [1.29, 1.82) is 5.26 Å². The zero-order valence-corrected chi connectivity index (χ0v) is 15.1. The molecule has 1 aliphatic rings. The number of rotatable bonds is 4. The molecule has 3 rings (SSSR count). The average Bonchev–Trinajstić information content (AvgIpc) is 3.01. The molecule has 1 fully saturated rings. The normalized spacial score (nSPS) is 19.1. The minimum absolute atomic E-state index is 0.180. The van der Waals surface area contributed by atoms with Gasteiger partial charge in [-0.05, 0) is 18.6 Å². The zero-order chi connectivity index (χ0) is 20.5. The van der Waals surface area contributed by atoms with Crippen molar-refractivity contribution in [2.45, 2.75) is 31.2 Å². The number of hydrogen-bond donors (Lipinski definition) is 1. The minimum Gasteiger partial charge on any atom is -0.366 e. The van der Waals surface area contributed by atoms with Crippen molar-refractivity contribution in [2.24, 2.45) is 5.73 Å². The van der Waals surface area contributed by atoms with E-state index in [2.05, 4.69) is 4.98 Å². The van der Waals surface area contributed by atoms with E-state index >= 15 is 0 Å². The predicted octanol–water partition coefficient (Wildman–Crippen LogP) is 2.71. The zero-order valence-electron chi connectivity index (χ0n) is 15.1. The van der Waals surface area contributed by atoms with Crippen LogP contribution in [0.25, 0.3) is 11.1 Å². The molecular formula is C20H18F2N4O2. The lowest BCUT2D eigenvalue weighted by molar-refractivity contribution is -0.133. The molecule has 6 nitrogen and oxygen atoms in total. The lowest BCUT2D eigenvalue weighted by Gasteiger charge is -2.24. The van der Waals surface area contributed by atoms with E-state index in [-0.39, 0.29) is 11.3 Å². The first-order valence-electron chi connectivity index (χ1n) is 8.67. The minimum atomic E-state index is -3.11. The Balaban J connectivity index is 2.06. The molecule has 0 aliphatic carbocycles. The number of halogens is 2. The molecule has 0 unspecified atom stereocenters. The number of likely N-dealkylation sites (tertiary alicyclic amines) is 1. The van der Waals surface area contributed by atoms with Gasteiger partial charge in [-0.1, -0.05) is 30.3 Å². The van der Waals surface area contributed by atoms with Crippen LogP contribution in [0.2, 0.25) is 0 Å². The van der Waals surface area contributed by atoms with Gasteiger partial charge >= 0.3 is 0 Å². The second-order valence-corrected chi connectivity index (χ2v) is 6.74. The number of primary amides is 1. The standard InChI is InChI=1S/C20H18F2N4O2/c1-12(19(28)26-11-20(21,22)9-14(26)10-23)17-16(13-5-3-2-4-6-13)15(18(24)27)7-8-25-17/h2-8,12,14H,9,11H2,1H3,(H2,24,27)/t12-,14+/m1/s1. The Morgan fingerprint density at radius 2 is 2.00 bits per heavy atom. The maximum absolute atomic E-state index is 13.8. The Hall–Kier alpha value is -3.34. The SMILES string of the molecule is C[C@@H](C(=O)N1CC(F)(F)C[C@H]1C#N)c1nccc(C(N)=O)c1-c1ccccc1. The molecular weight excluding hydrogens is 366 g/mol. The van der Waals surface area contributed by atoms with Gasteiger partial charge in [0.05, 0.1) is 29.8 Å². The van der Waals surface area contributed by atoms with Gasteiger partial charge in [0.25, 0.3) is 5.92 Å². The van der Waals surface area contributed by atoms with E-state index in [9.17, 15) is 18.4 Å². The Morgan fingerprint density at radius 3 is 2.61 bits per heavy atom. The number of alkyl halides is 2. The molecule has 2 atom stereocenters. The van der Waals surface area contributed by atoms with Gasteiger partial charge in [0.1, 0.15) is 6.04 Å². The Kier molecular flexibility index (Phi) is 5.10. The average molecular weight is 384 g/mol. The predicted molar refractivity (Wildman–Crippen MR) is 97.3 cm³/mol. The summed E-state index contributed by atoms with van der Waals surface area (Å²) in [5.74, 6) is -5.39. The van der Waals surface area contributed by atoms with Crippen LogP contribution < -0.4 is 5.73 Å². The summed E-state index contributed by atoms with van der Waals surface area (Å²) in [5, 5.41) is 9.17. The first-order valence-corrected chi connectivity index (χ1v) is 8.67. The molecule has 0 saturated carbocycles. The first-order chi connectivity index (χ1) is 13.2. The monoisotopic (exact) mass is 384 g/mol. The van der Waals surface area contributed by atoms with Gasteiger partial charge in [-0.25, -0.2) is 8.78 Å². The molecule has 0 bridgehead atoms. The molecule has 28 heavy (non-hydrogen) atoms. The van der Waals surface area contributed by atoms with Crippen LogP contribution >= 0.6 is 0 Å². The molecule has 1 saturated heterocycles.